The number of pyridine rings is 1. The summed E-state index contributed by atoms with van der Waals surface area (Å²) in [5.41, 5.74) is 5.87. The Bertz CT molecular complexity index is 649. The number of nitrogens with one attached hydrogen (secondary N) is 1. The molecule has 0 aliphatic carbocycles. The van der Waals surface area contributed by atoms with E-state index >= 15 is 0 Å². The van der Waals surface area contributed by atoms with Gasteiger partial charge < -0.3 is 15.6 Å². The Morgan fingerprint density at radius 2 is 2.24 bits per heavy atom. The van der Waals surface area contributed by atoms with Gasteiger partial charge in [-0.2, -0.15) is 0 Å². The third-order valence-corrected chi connectivity index (χ3v) is 4.11. The number of rotatable bonds is 6. The van der Waals surface area contributed by atoms with Gasteiger partial charge in [0.05, 0.1) is 6.04 Å². The van der Waals surface area contributed by atoms with Gasteiger partial charge in [0.1, 0.15) is 6.54 Å². The Morgan fingerprint density at radius 3 is 2.90 bits per heavy atom. The number of anilines is 1. The molecule has 6 heteroatoms. The Kier molecular flexibility index (Phi) is 5.16. The van der Waals surface area contributed by atoms with Gasteiger partial charge in [0, 0.05) is 22.8 Å². The summed E-state index contributed by atoms with van der Waals surface area (Å²) in [6, 6.07) is 6.88. The lowest BCUT2D eigenvalue weighted by atomic mass is 10.1. The molecule has 0 bridgehead atoms. The average molecular weight is 305 g/mol. The molecule has 0 saturated carbocycles. The van der Waals surface area contributed by atoms with E-state index in [1.807, 2.05) is 17.5 Å². The van der Waals surface area contributed by atoms with E-state index in [4.69, 9.17) is 5.73 Å². The molecule has 1 unspecified atom stereocenters. The molecule has 1 atom stereocenters. The molecule has 2 rings (SSSR count). The van der Waals surface area contributed by atoms with Crippen molar-refractivity contribution in [2.45, 2.75) is 32.4 Å². The van der Waals surface area contributed by atoms with Gasteiger partial charge in [0.2, 0.25) is 5.91 Å². The van der Waals surface area contributed by atoms with Crippen LogP contribution >= 0.6 is 11.3 Å². The summed E-state index contributed by atoms with van der Waals surface area (Å²) in [4.78, 5) is 25.0. The minimum Gasteiger partial charge on any atom is -0.398 e. The summed E-state index contributed by atoms with van der Waals surface area (Å²) < 4.78 is 1.32. The topological polar surface area (TPSA) is 77.1 Å². The summed E-state index contributed by atoms with van der Waals surface area (Å²) in [6.07, 6.45) is 3.33. The van der Waals surface area contributed by atoms with Gasteiger partial charge in [0.25, 0.3) is 5.56 Å². The average Bonchev–Trinajstić information content (AvgIpc) is 2.96. The Labute approximate surface area is 127 Å². The number of aromatic nitrogens is 1. The van der Waals surface area contributed by atoms with Crippen molar-refractivity contribution in [1.82, 2.24) is 9.88 Å². The van der Waals surface area contributed by atoms with Crippen molar-refractivity contribution in [1.29, 1.82) is 0 Å². The fourth-order valence-electron chi connectivity index (χ4n) is 2.13. The number of carbonyl (C=O) groups is 1. The normalized spacial score (nSPS) is 12.0. The molecule has 2 heterocycles. The Balaban J connectivity index is 2.06. The maximum atomic E-state index is 12.1. The quantitative estimate of drug-likeness (QED) is 0.858. The Morgan fingerprint density at radius 1 is 1.43 bits per heavy atom. The number of nitrogen functional groups attached to an aromatic ring is 1. The second kappa shape index (κ2) is 7.08. The molecule has 3 N–H and O–H groups in total. The summed E-state index contributed by atoms with van der Waals surface area (Å²) in [5.74, 6) is -0.186. The van der Waals surface area contributed by atoms with Crippen LogP contribution in [0, 0.1) is 0 Å². The zero-order valence-electron chi connectivity index (χ0n) is 11.9. The molecule has 21 heavy (non-hydrogen) atoms. The third kappa shape index (κ3) is 4.19. The fraction of sp³-hybridized carbons (Fsp3) is 0.333. The van der Waals surface area contributed by atoms with E-state index in [-0.39, 0.29) is 24.1 Å². The maximum Gasteiger partial charge on any atom is 0.251 e. The predicted octanol–water partition coefficient (Wildman–Crippen LogP) is 2.15. The zero-order chi connectivity index (χ0) is 15.2. The van der Waals surface area contributed by atoms with Crippen LogP contribution in [0.25, 0.3) is 0 Å². The van der Waals surface area contributed by atoms with Gasteiger partial charge in [-0.3, -0.25) is 9.59 Å². The zero-order valence-corrected chi connectivity index (χ0v) is 12.7. The maximum absolute atomic E-state index is 12.1. The molecule has 0 aliphatic rings. The van der Waals surface area contributed by atoms with Crippen molar-refractivity contribution >= 4 is 22.9 Å². The highest BCUT2D eigenvalue weighted by Crippen LogP contribution is 2.23. The van der Waals surface area contributed by atoms with Crippen molar-refractivity contribution in [2.24, 2.45) is 0 Å². The fourth-order valence-corrected chi connectivity index (χ4v) is 2.94. The van der Waals surface area contributed by atoms with Crippen LogP contribution in [0.4, 0.5) is 5.69 Å². The SMILES string of the molecule is CCCC(NC(=O)Cn1cc(N)ccc1=O)c1cccs1. The highest BCUT2D eigenvalue weighted by Gasteiger charge is 2.15. The van der Waals surface area contributed by atoms with Gasteiger partial charge in [-0.1, -0.05) is 19.4 Å². The smallest absolute Gasteiger partial charge is 0.251 e. The second-order valence-corrected chi connectivity index (χ2v) is 5.83. The number of carbonyl (C=O) groups excluding carboxylic acids is 1. The number of amides is 1. The number of thiophene rings is 1. The first-order chi connectivity index (χ1) is 10.1. The number of hydrogen-bond donors (Lipinski definition) is 2. The van der Waals surface area contributed by atoms with Gasteiger partial charge in [-0.15, -0.1) is 11.3 Å². The van der Waals surface area contributed by atoms with E-state index in [9.17, 15) is 9.59 Å². The molecule has 0 aromatic carbocycles. The van der Waals surface area contributed by atoms with E-state index < -0.39 is 0 Å². The van der Waals surface area contributed by atoms with Crippen LogP contribution < -0.4 is 16.6 Å². The molecule has 2 aromatic rings. The number of nitrogens with two attached hydrogens (primary N) is 1. The molecule has 112 valence electrons. The molecule has 2 aromatic heterocycles. The third-order valence-electron chi connectivity index (χ3n) is 3.12. The molecule has 0 fully saturated rings. The van der Waals surface area contributed by atoms with Crippen molar-refractivity contribution in [3.05, 3.63) is 51.1 Å². The molecule has 0 radical (unpaired) electrons. The van der Waals surface area contributed by atoms with Gasteiger partial charge in [-0.25, -0.2) is 0 Å². The summed E-state index contributed by atoms with van der Waals surface area (Å²) in [7, 11) is 0. The van der Waals surface area contributed by atoms with E-state index in [1.165, 1.54) is 22.9 Å². The van der Waals surface area contributed by atoms with E-state index in [2.05, 4.69) is 12.2 Å². The van der Waals surface area contributed by atoms with E-state index in [1.54, 1.807) is 11.3 Å². The van der Waals surface area contributed by atoms with Crippen LogP contribution in [0.2, 0.25) is 0 Å². The molecule has 0 saturated heterocycles. The first-order valence-electron chi connectivity index (χ1n) is 6.89. The van der Waals surface area contributed by atoms with Crippen LogP contribution in [0.1, 0.15) is 30.7 Å². The summed E-state index contributed by atoms with van der Waals surface area (Å²) in [5, 5.41) is 4.98. The lowest BCUT2D eigenvalue weighted by Gasteiger charge is -2.17. The number of nitrogens with zero attached hydrogens (tertiary/aromatic N) is 1. The van der Waals surface area contributed by atoms with Crippen LogP contribution in [0.3, 0.4) is 0 Å². The molecule has 1 amide bonds. The largest absolute Gasteiger partial charge is 0.398 e. The second-order valence-electron chi connectivity index (χ2n) is 4.85. The predicted molar refractivity (Wildman–Crippen MR) is 85.2 cm³/mol. The summed E-state index contributed by atoms with van der Waals surface area (Å²) >= 11 is 1.62. The summed E-state index contributed by atoms with van der Waals surface area (Å²) in [6.45, 7) is 2.06. The van der Waals surface area contributed by atoms with Crippen molar-refractivity contribution in [3.63, 3.8) is 0 Å². The monoisotopic (exact) mass is 305 g/mol. The first-order valence-corrected chi connectivity index (χ1v) is 7.77. The Hall–Kier alpha value is -2.08. The minimum absolute atomic E-state index is 0.000684. The highest BCUT2D eigenvalue weighted by atomic mass is 32.1. The van der Waals surface area contributed by atoms with Gasteiger partial charge >= 0.3 is 0 Å². The van der Waals surface area contributed by atoms with E-state index in [0.29, 0.717) is 5.69 Å². The molecular formula is C15H19N3O2S. The molecule has 5 nitrogen and oxygen atoms in total. The lowest BCUT2D eigenvalue weighted by molar-refractivity contribution is -0.122. The van der Waals surface area contributed by atoms with Gasteiger partial charge in [-0.05, 0) is 23.9 Å². The van der Waals surface area contributed by atoms with Crippen LogP contribution in [0.15, 0.2) is 40.6 Å². The lowest BCUT2D eigenvalue weighted by Crippen LogP contribution is -2.34. The van der Waals surface area contributed by atoms with Crippen molar-refractivity contribution < 1.29 is 4.79 Å². The van der Waals surface area contributed by atoms with Crippen LogP contribution in [-0.4, -0.2) is 10.5 Å². The van der Waals surface area contributed by atoms with E-state index in [0.717, 1.165) is 17.7 Å². The standard InChI is InChI=1S/C15H19N3O2S/c1-2-4-12(13-5-3-8-21-13)17-14(19)10-18-9-11(16)6-7-15(18)20/h3,5-9,12H,2,4,10,16H2,1H3,(H,17,19). The molecular weight excluding hydrogens is 286 g/mol. The van der Waals surface area contributed by atoms with Crippen LogP contribution in [-0.2, 0) is 11.3 Å². The van der Waals surface area contributed by atoms with Gasteiger partial charge in [0.15, 0.2) is 0 Å². The van der Waals surface area contributed by atoms with Crippen molar-refractivity contribution in [3.8, 4) is 0 Å². The number of hydrogen-bond acceptors (Lipinski definition) is 4. The van der Waals surface area contributed by atoms with Crippen LogP contribution in [0.5, 0.6) is 0 Å². The highest BCUT2D eigenvalue weighted by molar-refractivity contribution is 7.10. The minimum atomic E-state index is -0.234. The van der Waals surface area contributed by atoms with Crippen molar-refractivity contribution in [2.75, 3.05) is 5.73 Å². The molecule has 0 spiro atoms. The first kappa shape index (κ1) is 15.3. The molecule has 0 aliphatic heterocycles.